The topological polar surface area (TPSA) is 55.8 Å². The van der Waals surface area contributed by atoms with Gasteiger partial charge in [-0.15, -0.1) is 0 Å². The molecule has 1 atom stereocenters. The molecule has 1 aliphatic rings. The molecule has 1 rings (SSSR count). The second-order valence-corrected chi connectivity index (χ2v) is 5.74. The number of carbonyl (C=O) groups excluding carboxylic acids is 2. The standard InChI is InChI=1S/C13H23NO4/c1-10(15)17-9-11-6-5-7-14(8-11)12(16)18-13(2,3)4/h11H,5-9H2,1-4H3. The minimum atomic E-state index is -0.472. The van der Waals surface area contributed by atoms with Crippen LogP contribution in [-0.4, -0.2) is 42.3 Å². The van der Waals surface area contributed by atoms with E-state index in [9.17, 15) is 9.59 Å². The number of esters is 1. The molecule has 0 aromatic rings. The van der Waals surface area contributed by atoms with Gasteiger partial charge in [-0.2, -0.15) is 0 Å². The van der Waals surface area contributed by atoms with Crippen molar-refractivity contribution < 1.29 is 19.1 Å². The van der Waals surface area contributed by atoms with E-state index in [2.05, 4.69) is 0 Å². The van der Waals surface area contributed by atoms with E-state index in [0.717, 1.165) is 12.8 Å². The summed E-state index contributed by atoms with van der Waals surface area (Å²) in [7, 11) is 0. The fraction of sp³-hybridized carbons (Fsp3) is 0.846. The molecule has 5 heteroatoms. The molecule has 0 aromatic carbocycles. The maximum absolute atomic E-state index is 11.9. The fourth-order valence-electron chi connectivity index (χ4n) is 1.93. The Balaban J connectivity index is 2.43. The van der Waals surface area contributed by atoms with Crippen molar-refractivity contribution in [2.24, 2.45) is 5.92 Å². The van der Waals surface area contributed by atoms with Gasteiger partial charge in [-0.1, -0.05) is 0 Å². The first kappa shape index (κ1) is 14.8. The van der Waals surface area contributed by atoms with Gasteiger partial charge in [0.15, 0.2) is 0 Å². The van der Waals surface area contributed by atoms with Gasteiger partial charge >= 0.3 is 12.1 Å². The number of hydrogen-bond acceptors (Lipinski definition) is 4. The van der Waals surface area contributed by atoms with Crippen molar-refractivity contribution in [2.75, 3.05) is 19.7 Å². The lowest BCUT2D eigenvalue weighted by atomic mass is 9.99. The Bertz CT molecular complexity index is 309. The Kier molecular flexibility index (Phi) is 4.99. The average Bonchev–Trinajstić information content (AvgIpc) is 2.24. The Labute approximate surface area is 108 Å². The smallest absolute Gasteiger partial charge is 0.410 e. The first-order chi connectivity index (χ1) is 8.28. The summed E-state index contributed by atoms with van der Waals surface area (Å²) in [5, 5.41) is 0. The second-order valence-electron chi connectivity index (χ2n) is 5.74. The first-order valence-corrected chi connectivity index (χ1v) is 6.39. The number of hydrogen-bond donors (Lipinski definition) is 0. The first-order valence-electron chi connectivity index (χ1n) is 6.39. The fourth-order valence-corrected chi connectivity index (χ4v) is 1.93. The zero-order valence-electron chi connectivity index (χ0n) is 11.7. The van der Waals surface area contributed by atoms with E-state index in [1.165, 1.54) is 6.92 Å². The van der Waals surface area contributed by atoms with E-state index < -0.39 is 5.60 Å². The molecule has 0 aromatic heterocycles. The summed E-state index contributed by atoms with van der Waals surface area (Å²) in [5.41, 5.74) is -0.472. The van der Waals surface area contributed by atoms with Crippen LogP contribution < -0.4 is 0 Å². The monoisotopic (exact) mass is 257 g/mol. The molecular formula is C13H23NO4. The largest absolute Gasteiger partial charge is 0.466 e. The van der Waals surface area contributed by atoms with Crippen LogP contribution in [0.5, 0.6) is 0 Å². The molecular weight excluding hydrogens is 234 g/mol. The van der Waals surface area contributed by atoms with Gasteiger partial charge in [0, 0.05) is 25.9 Å². The average molecular weight is 257 g/mol. The normalized spacial score (nSPS) is 20.4. The molecule has 104 valence electrons. The number of rotatable bonds is 2. The summed E-state index contributed by atoms with van der Waals surface area (Å²) >= 11 is 0. The van der Waals surface area contributed by atoms with Crippen LogP contribution in [-0.2, 0) is 14.3 Å². The summed E-state index contributed by atoms with van der Waals surface area (Å²) in [6.07, 6.45) is 1.62. The van der Waals surface area contributed by atoms with E-state index in [1.807, 2.05) is 20.8 Å². The van der Waals surface area contributed by atoms with Crippen LogP contribution in [0.3, 0.4) is 0 Å². The summed E-state index contributed by atoms with van der Waals surface area (Å²) in [5.74, 6) is -0.0560. The number of amides is 1. The lowest BCUT2D eigenvalue weighted by Crippen LogP contribution is -2.43. The third-order valence-corrected chi connectivity index (χ3v) is 2.69. The lowest BCUT2D eigenvalue weighted by molar-refractivity contribution is -0.142. The van der Waals surface area contributed by atoms with Crippen LogP contribution in [0.25, 0.3) is 0 Å². The molecule has 1 amide bonds. The number of carbonyl (C=O) groups is 2. The van der Waals surface area contributed by atoms with Crippen molar-refractivity contribution in [1.29, 1.82) is 0 Å². The third kappa shape index (κ3) is 5.38. The highest BCUT2D eigenvalue weighted by molar-refractivity contribution is 5.68. The van der Waals surface area contributed by atoms with Crippen LogP contribution >= 0.6 is 0 Å². The predicted molar refractivity (Wildman–Crippen MR) is 67.2 cm³/mol. The summed E-state index contributed by atoms with van der Waals surface area (Å²) < 4.78 is 10.3. The lowest BCUT2D eigenvalue weighted by Gasteiger charge is -2.33. The van der Waals surface area contributed by atoms with Crippen molar-refractivity contribution in [3.63, 3.8) is 0 Å². The van der Waals surface area contributed by atoms with Crippen LogP contribution in [0.15, 0.2) is 0 Å². The highest BCUT2D eigenvalue weighted by Gasteiger charge is 2.27. The number of nitrogens with zero attached hydrogens (tertiary/aromatic N) is 1. The van der Waals surface area contributed by atoms with Crippen LogP contribution in [0.1, 0.15) is 40.5 Å². The molecule has 0 N–H and O–H groups in total. The van der Waals surface area contributed by atoms with Gasteiger partial charge in [0.25, 0.3) is 0 Å². The second kappa shape index (κ2) is 6.07. The van der Waals surface area contributed by atoms with Gasteiger partial charge in [-0.25, -0.2) is 4.79 Å². The third-order valence-electron chi connectivity index (χ3n) is 2.69. The van der Waals surface area contributed by atoms with E-state index in [4.69, 9.17) is 9.47 Å². The Morgan fingerprint density at radius 3 is 2.56 bits per heavy atom. The molecule has 0 spiro atoms. The van der Waals surface area contributed by atoms with E-state index in [-0.39, 0.29) is 18.0 Å². The van der Waals surface area contributed by atoms with Crippen LogP contribution in [0.4, 0.5) is 4.79 Å². The van der Waals surface area contributed by atoms with Crippen LogP contribution in [0.2, 0.25) is 0 Å². The molecule has 1 saturated heterocycles. The Morgan fingerprint density at radius 1 is 1.33 bits per heavy atom. The van der Waals surface area contributed by atoms with Crippen molar-refractivity contribution in [2.45, 2.75) is 46.1 Å². The van der Waals surface area contributed by atoms with Gasteiger partial charge < -0.3 is 14.4 Å². The molecule has 5 nitrogen and oxygen atoms in total. The van der Waals surface area contributed by atoms with Gasteiger partial charge in [-0.05, 0) is 33.6 Å². The maximum atomic E-state index is 11.9. The SMILES string of the molecule is CC(=O)OCC1CCCN(C(=O)OC(C)(C)C)C1. The molecule has 18 heavy (non-hydrogen) atoms. The number of piperidine rings is 1. The molecule has 0 radical (unpaired) electrons. The highest BCUT2D eigenvalue weighted by Crippen LogP contribution is 2.19. The number of likely N-dealkylation sites (tertiary alicyclic amines) is 1. The minimum Gasteiger partial charge on any atom is -0.466 e. The summed E-state index contributed by atoms with van der Waals surface area (Å²) in [6, 6.07) is 0. The molecule has 0 aliphatic carbocycles. The van der Waals surface area contributed by atoms with E-state index in [1.54, 1.807) is 4.90 Å². The van der Waals surface area contributed by atoms with E-state index >= 15 is 0 Å². The highest BCUT2D eigenvalue weighted by atomic mass is 16.6. The van der Waals surface area contributed by atoms with Gasteiger partial charge in [0.1, 0.15) is 5.60 Å². The van der Waals surface area contributed by atoms with Gasteiger partial charge in [0.2, 0.25) is 0 Å². The van der Waals surface area contributed by atoms with Gasteiger partial charge in [-0.3, -0.25) is 4.79 Å². The van der Waals surface area contributed by atoms with Crippen molar-refractivity contribution in [3.8, 4) is 0 Å². The summed E-state index contributed by atoms with van der Waals surface area (Å²) in [4.78, 5) is 24.4. The molecule has 1 heterocycles. The molecule has 1 fully saturated rings. The maximum Gasteiger partial charge on any atom is 0.410 e. The molecule has 1 unspecified atom stereocenters. The summed E-state index contributed by atoms with van der Waals surface area (Å²) in [6.45, 7) is 8.65. The number of ether oxygens (including phenoxy) is 2. The van der Waals surface area contributed by atoms with Crippen molar-refractivity contribution >= 4 is 12.1 Å². The Morgan fingerprint density at radius 2 is 2.00 bits per heavy atom. The zero-order valence-corrected chi connectivity index (χ0v) is 11.7. The van der Waals surface area contributed by atoms with Gasteiger partial charge in [0.05, 0.1) is 6.61 Å². The molecule has 0 bridgehead atoms. The minimum absolute atomic E-state index is 0.218. The Hall–Kier alpha value is -1.26. The quantitative estimate of drug-likeness (QED) is 0.712. The van der Waals surface area contributed by atoms with Crippen molar-refractivity contribution in [1.82, 2.24) is 4.90 Å². The molecule has 1 aliphatic heterocycles. The van der Waals surface area contributed by atoms with E-state index in [0.29, 0.717) is 19.7 Å². The zero-order chi connectivity index (χ0) is 13.8. The molecule has 0 saturated carbocycles. The van der Waals surface area contributed by atoms with Crippen LogP contribution in [0, 0.1) is 5.92 Å². The van der Waals surface area contributed by atoms with Crippen molar-refractivity contribution in [3.05, 3.63) is 0 Å². The predicted octanol–water partition coefficient (Wildman–Crippen LogP) is 2.20.